The first-order chi connectivity index (χ1) is 11.2. The molecule has 24 heavy (non-hydrogen) atoms. The summed E-state index contributed by atoms with van der Waals surface area (Å²) < 4.78 is 5.00. The third-order valence-electron chi connectivity index (χ3n) is 6.59. The molecule has 4 heteroatoms. The first-order valence-electron chi connectivity index (χ1n) is 8.95. The molecule has 2 aliphatic carbocycles. The molecule has 3 fully saturated rings. The summed E-state index contributed by atoms with van der Waals surface area (Å²) in [6.45, 7) is 11.0. The van der Waals surface area contributed by atoms with Gasteiger partial charge in [-0.05, 0) is 41.6 Å². The Morgan fingerprint density at radius 3 is 2.62 bits per heavy atom. The van der Waals surface area contributed by atoms with Crippen LogP contribution in [0, 0.1) is 22.7 Å². The third-order valence-corrected chi connectivity index (χ3v) is 6.59. The fourth-order valence-electron chi connectivity index (χ4n) is 5.46. The Morgan fingerprint density at radius 1 is 1.29 bits per heavy atom. The smallest absolute Gasteiger partial charge is 0.333 e. The molecule has 4 atom stereocenters. The van der Waals surface area contributed by atoms with Crippen LogP contribution in [0.5, 0.6) is 0 Å². The van der Waals surface area contributed by atoms with E-state index < -0.39 is 6.10 Å². The van der Waals surface area contributed by atoms with E-state index in [0.717, 1.165) is 19.3 Å². The highest BCUT2D eigenvalue weighted by molar-refractivity contribution is 5.91. The molecular formula is C20H28O4. The SMILES string of the molecule is C=C1[C@@H](O)C(=O)[C@H]2C(C)(C)CCC[C@]2(C)[C@H]1C/C=C1\CCOC1=O. The predicted molar refractivity (Wildman–Crippen MR) is 91.1 cm³/mol. The van der Waals surface area contributed by atoms with Gasteiger partial charge in [0, 0.05) is 17.9 Å². The molecule has 0 radical (unpaired) electrons. The van der Waals surface area contributed by atoms with Crippen LogP contribution in [0.25, 0.3) is 0 Å². The minimum atomic E-state index is -1.08. The molecule has 0 unspecified atom stereocenters. The van der Waals surface area contributed by atoms with Gasteiger partial charge in [0.15, 0.2) is 5.78 Å². The van der Waals surface area contributed by atoms with Crippen LogP contribution in [0.2, 0.25) is 0 Å². The predicted octanol–water partition coefficient (Wildman–Crippen LogP) is 3.20. The number of carbonyl (C=O) groups excluding carboxylic acids is 2. The number of ketones is 1. The van der Waals surface area contributed by atoms with Crippen molar-refractivity contribution in [2.24, 2.45) is 22.7 Å². The molecule has 0 aromatic rings. The van der Waals surface area contributed by atoms with Gasteiger partial charge in [-0.15, -0.1) is 0 Å². The summed E-state index contributed by atoms with van der Waals surface area (Å²) in [6, 6.07) is 0. The first-order valence-corrected chi connectivity index (χ1v) is 8.95. The molecule has 1 N–H and O–H groups in total. The van der Waals surface area contributed by atoms with Crippen molar-refractivity contribution in [2.75, 3.05) is 6.61 Å². The normalized spacial score (nSPS) is 40.6. The lowest BCUT2D eigenvalue weighted by molar-refractivity contribution is -0.153. The Morgan fingerprint density at radius 2 is 2.00 bits per heavy atom. The molecule has 0 bridgehead atoms. The Hall–Kier alpha value is -1.42. The molecule has 3 aliphatic rings. The number of allylic oxidation sites excluding steroid dienone is 1. The van der Waals surface area contributed by atoms with Crippen LogP contribution >= 0.6 is 0 Å². The van der Waals surface area contributed by atoms with Gasteiger partial charge in [-0.3, -0.25) is 4.79 Å². The van der Waals surface area contributed by atoms with Crippen molar-refractivity contribution in [3.05, 3.63) is 23.8 Å². The van der Waals surface area contributed by atoms with Crippen molar-refractivity contribution in [1.29, 1.82) is 0 Å². The van der Waals surface area contributed by atoms with E-state index in [1.165, 1.54) is 0 Å². The number of aliphatic hydroxyl groups is 1. The number of cyclic esters (lactones) is 1. The lowest BCUT2D eigenvalue weighted by Gasteiger charge is -2.57. The highest BCUT2D eigenvalue weighted by Gasteiger charge is 2.59. The van der Waals surface area contributed by atoms with Crippen LogP contribution in [-0.4, -0.2) is 29.6 Å². The number of esters is 1. The summed E-state index contributed by atoms with van der Waals surface area (Å²) in [5, 5.41) is 10.5. The van der Waals surface area contributed by atoms with Crippen LogP contribution in [0.15, 0.2) is 23.8 Å². The second kappa shape index (κ2) is 5.83. The zero-order valence-electron chi connectivity index (χ0n) is 14.9. The number of hydrogen-bond donors (Lipinski definition) is 1. The van der Waals surface area contributed by atoms with E-state index >= 15 is 0 Å². The molecule has 0 spiro atoms. The topological polar surface area (TPSA) is 63.6 Å². The van der Waals surface area contributed by atoms with Gasteiger partial charge in [0.25, 0.3) is 0 Å². The first kappa shape index (κ1) is 17.4. The Labute approximate surface area is 144 Å². The number of fused-ring (bicyclic) bond motifs is 1. The fraction of sp³-hybridized carbons (Fsp3) is 0.700. The Kier molecular flexibility index (Phi) is 4.23. The summed E-state index contributed by atoms with van der Waals surface area (Å²) in [6.07, 6.45) is 5.17. The summed E-state index contributed by atoms with van der Waals surface area (Å²) in [4.78, 5) is 24.5. The van der Waals surface area contributed by atoms with Gasteiger partial charge >= 0.3 is 5.97 Å². The lowest BCUT2D eigenvalue weighted by atomic mass is 9.46. The minimum Gasteiger partial charge on any atom is -0.462 e. The van der Waals surface area contributed by atoms with E-state index in [0.29, 0.717) is 30.6 Å². The summed E-state index contributed by atoms with van der Waals surface area (Å²) in [5.74, 6) is -0.469. The summed E-state index contributed by atoms with van der Waals surface area (Å²) >= 11 is 0. The van der Waals surface area contributed by atoms with Crippen LogP contribution < -0.4 is 0 Å². The molecular weight excluding hydrogens is 304 g/mol. The zero-order chi connectivity index (χ0) is 17.7. The second-order valence-electron chi connectivity index (χ2n) is 8.56. The maximum absolute atomic E-state index is 12.8. The van der Waals surface area contributed by atoms with Crippen LogP contribution in [0.1, 0.15) is 52.9 Å². The van der Waals surface area contributed by atoms with E-state index in [1.807, 2.05) is 6.08 Å². The van der Waals surface area contributed by atoms with E-state index in [9.17, 15) is 14.7 Å². The van der Waals surface area contributed by atoms with Gasteiger partial charge in [0.1, 0.15) is 6.10 Å². The number of Topliss-reactive ketones (excluding diaryl/α,β-unsaturated/α-hetero) is 1. The van der Waals surface area contributed by atoms with E-state index in [1.54, 1.807) is 0 Å². The Balaban J connectivity index is 1.95. The van der Waals surface area contributed by atoms with Gasteiger partial charge in [0.05, 0.1) is 6.61 Å². The molecule has 4 nitrogen and oxygen atoms in total. The van der Waals surface area contributed by atoms with Crippen molar-refractivity contribution >= 4 is 11.8 Å². The number of rotatable bonds is 2. The largest absolute Gasteiger partial charge is 0.462 e. The average molecular weight is 332 g/mol. The molecule has 1 saturated heterocycles. The van der Waals surface area contributed by atoms with Crippen molar-refractivity contribution in [3.63, 3.8) is 0 Å². The molecule has 132 valence electrons. The summed E-state index contributed by atoms with van der Waals surface area (Å²) in [5.41, 5.74) is 0.988. The van der Waals surface area contributed by atoms with Gasteiger partial charge in [0.2, 0.25) is 0 Å². The van der Waals surface area contributed by atoms with E-state index in [4.69, 9.17) is 4.74 Å². The van der Waals surface area contributed by atoms with Gasteiger partial charge in [-0.1, -0.05) is 39.8 Å². The van der Waals surface area contributed by atoms with Crippen molar-refractivity contribution in [3.8, 4) is 0 Å². The minimum absolute atomic E-state index is 0.00988. The van der Waals surface area contributed by atoms with Crippen molar-refractivity contribution in [2.45, 2.75) is 59.0 Å². The fourth-order valence-corrected chi connectivity index (χ4v) is 5.46. The maximum atomic E-state index is 12.8. The van der Waals surface area contributed by atoms with Crippen molar-refractivity contribution in [1.82, 2.24) is 0 Å². The average Bonchev–Trinajstić information content (AvgIpc) is 2.89. The quantitative estimate of drug-likeness (QED) is 0.479. The highest BCUT2D eigenvalue weighted by Crippen LogP contribution is 2.60. The van der Waals surface area contributed by atoms with E-state index in [2.05, 4.69) is 27.4 Å². The van der Waals surface area contributed by atoms with E-state index in [-0.39, 0.29) is 34.4 Å². The standard InChI is InChI=1S/C20H28O4/c1-12-14(7-6-13-8-11-24-18(13)23)20(4)10-5-9-19(2,3)17(20)16(22)15(12)21/h6,14-15,17,21H,1,5,7-11H2,2-4H3/b13-6+/t14-,15+,17-,20+/m0/s1. The van der Waals surface area contributed by atoms with Crippen LogP contribution in [0.4, 0.5) is 0 Å². The van der Waals surface area contributed by atoms with Gasteiger partial charge in [-0.25, -0.2) is 4.79 Å². The molecule has 1 heterocycles. The molecule has 0 aromatic heterocycles. The molecule has 1 aliphatic heterocycles. The number of carbonyl (C=O) groups is 2. The number of hydrogen-bond acceptors (Lipinski definition) is 4. The zero-order valence-corrected chi connectivity index (χ0v) is 14.9. The van der Waals surface area contributed by atoms with Crippen LogP contribution in [0.3, 0.4) is 0 Å². The second-order valence-corrected chi connectivity index (χ2v) is 8.56. The van der Waals surface area contributed by atoms with Gasteiger partial charge in [-0.2, -0.15) is 0 Å². The maximum Gasteiger partial charge on any atom is 0.333 e. The molecule has 0 aromatic carbocycles. The lowest BCUT2D eigenvalue weighted by Crippen LogP contribution is -2.58. The summed E-state index contributed by atoms with van der Waals surface area (Å²) in [7, 11) is 0. The van der Waals surface area contributed by atoms with Gasteiger partial charge < -0.3 is 9.84 Å². The highest BCUT2D eigenvalue weighted by atomic mass is 16.5. The third kappa shape index (κ3) is 2.55. The van der Waals surface area contributed by atoms with Crippen molar-refractivity contribution < 1.29 is 19.4 Å². The van der Waals surface area contributed by atoms with Crippen LogP contribution in [-0.2, 0) is 14.3 Å². The Bertz CT molecular complexity index is 615. The number of aliphatic hydroxyl groups excluding tert-OH is 1. The molecule has 3 rings (SSSR count). The number of ether oxygens (including phenoxy) is 1. The molecule has 2 saturated carbocycles. The molecule has 0 amide bonds. The monoisotopic (exact) mass is 332 g/mol.